The zero-order valence-electron chi connectivity index (χ0n) is 35.0. The molecule has 2 aromatic rings. The number of amides is 1. The first-order chi connectivity index (χ1) is 27.3. The van der Waals surface area contributed by atoms with Crippen molar-refractivity contribution in [3.05, 3.63) is 70.3 Å². The summed E-state index contributed by atoms with van der Waals surface area (Å²) in [5.41, 5.74) is 2.85. The highest BCUT2D eigenvalue weighted by molar-refractivity contribution is 7.90. The third kappa shape index (κ3) is 8.80. The number of allylic oxidation sites excluding steroid dienone is 1. The van der Waals surface area contributed by atoms with Gasteiger partial charge in [0.1, 0.15) is 11.4 Å². The third-order valence-electron chi connectivity index (χ3n) is 13.9. The normalized spacial score (nSPS) is 32.7. The highest BCUT2D eigenvalue weighted by atomic mass is 35.5. The fourth-order valence-electron chi connectivity index (χ4n) is 10.9. The van der Waals surface area contributed by atoms with Gasteiger partial charge in [-0.05, 0) is 132 Å². The van der Waals surface area contributed by atoms with Crippen LogP contribution in [0.3, 0.4) is 0 Å². The van der Waals surface area contributed by atoms with Gasteiger partial charge < -0.3 is 19.1 Å². The predicted octanol–water partition coefficient (Wildman–Crippen LogP) is 7.09. The number of benzene rings is 2. The highest BCUT2D eigenvalue weighted by Crippen LogP contribution is 2.49. The van der Waals surface area contributed by atoms with Crippen LogP contribution in [0.2, 0.25) is 5.02 Å². The van der Waals surface area contributed by atoms with E-state index < -0.39 is 26.8 Å². The van der Waals surface area contributed by atoms with Gasteiger partial charge in [0.25, 0.3) is 5.91 Å². The summed E-state index contributed by atoms with van der Waals surface area (Å²) >= 11 is 6.54. The van der Waals surface area contributed by atoms with Crippen LogP contribution in [-0.4, -0.2) is 113 Å². The zero-order chi connectivity index (χ0) is 40.5. The van der Waals surface area contributed by atoms with E-state index in [0.717, 1.165) is 75.5 Å². The summed E-state index contributed by atoms with van der Waals surface area (Å²) in [5.74, 6) is 0.376. The number of ether oxygens (including phenoxy) is 3. The molecule has 1 saturated carbocycles. The van der Waals surface area contributed by atoms with Crippen molar-refractivity contribution in [3.8, 4) is 5.75 Å². The number of rotatable bonds is 8. The van der Waals surface area contributed by atoms with Gasteiger partial charge in [-0.3, -0.25) is 14.6 Å². The fourth-order valence-corrected chi connectivity index (χ4v) is 12.8. The molecule has 5 aliphatic rings. The summed E-state index contributed by atoms with van der Waals surface area (Å²) in [4.78, 5) is 21.6. The van der Waals surface area contributed by atoms with Crippen LogP contribution in [0.15, 0.2) is 48.6 Å². The summed E-state index contributed by atoms with van der Waals surface area (Å²) < 4.78 is 49.9. The molecule has 1 amide bonds. The number of hydrogen-bond donors (Lipinski definition) is 1. The molecule has 1 spiro atoms. The second kappa shape index (κ2) is 17.5. The number of piperazine rings is 1. The van der Waals surface area contributed by atoms with Gasteiger partial charge in [0.2, 0.25) is 10.0 Å². The number of nitrogens with one attached hydrogen (secondary N) is 1. The summed E-state index contributed by atoms with van der Waals surface area (Å²) in [6.07, 6.45) is 10.4. The van der Waals surface area contributed by atoms with E-state index in [4.69, 9.17) is 25.8 Å². The van der Waals surface area contributed by atoms with Gasteiger partial charge in [-0.15, -0.1) is 0 Å². The van der Waals surface area contributed by atoms with Gasteiger partial charge in [0.15, 0.2) is 0 Å². The summed E-state index contributed by atoms with van der Waals surface area (Å²) in [7, 11) is -2.50. The van der Waals surface area contributed by atoms with Gasteiger partial charge >= 0.3 is 0 Å². The van der Waals surface area contributed by atoms with Crippen molar-refractivity contribution in [2.75, 3.05) is 71.1 Å². The SMILES string of the molecule is CCO[C@]1(CN2CCN(C(C)C)[C@H](C)C2)/C=C/C[C@H](C)[C@@H](CCOC)S(=O)(=O)NC(=O)c2ccc3c(c2)N(C[C@@H]2CC[C@H]21)C[C@@]1(CCCc2cc(Cl)ccc21)CO3. The average Bonchev–Trinajstić information content (AvgIpc) is 3.29. The molecule has 7 rings (SSSR count). The lowest BCUT2D eigenvalue weighted by atomic mass is 9.63. The Morgan fingerprint density at radius 2 is 1.91 bits per heavy atom. The second-order valence-electron chi connectivity index (χ2n) is 17.9. The molecule has 0 aromatic heterocycles. The molecule has 7 atom stereocenters. The lowest BCUT2D eigenvalue weighted by Gasteiger charge is -2.53. The lowest BCUT2D eigenvalue weighted by molar-refractivity contribution is -0.115. The number of fused-ring (bicyclic) bond motifs is 4. The van der Waals surface area contributed by atoms with Crippen LogP contribution >= 0.6 is 11.6 Å². The molecular weight excluding hydrogens is 760 g/mol. The van der Waals surface area contributed by atoms with Crippen LogP contribution in [0.5, 0.6) is 5.75 Å². The molecule has 1 saturated heterocycles. The zero-order valence-corrected chi connectivity index (χ0v) is 36.5. The molecule has 2 bridgehead atoms. The summed E-state index contributed by atoms with van der Waals surface area (Å²) in [6.45, 7) is 17.5. The van der Waals surface area contributed by atoms with Gasteiger partial charge in [-0.25, -0.2) is 13.1 Å². The monoisotopic (exact) mass is 824 g/mol. The Kier molecular flexibility index (Phi) is 13.0. The molecule has 2 aliphatic carbocycles. The highest BCUT2D eigenvalue weighted by Gasteiger charge is 2.50. The van der Waals surface area contributed by atoms with Crippen molar-refractivity contribution in [2.24, 2.45) is 17.8 Å². The van der Waals surface area contributed by atoms with E-state index >= 15 is 0 Å². The number of nitrogens with zero attached hydrogens (tertiary/aromatic N) is 3. The second-order valence-corrected chi connectivity index (χ2v) is 20.3. The van der Waals surface area contributed by atoms with Crippen molar-refractivity contribution < 1.29 is 27.4 Å². The number of sulfonamides is 1. The standard InChI is InChI=1S/C45H65ClN4O6S/c1-7-56-45(29-48-21-22-50(31(2)3)33(5)26-48)20-8-10-32(4)42(18-23-54-6)57(52,53)47-43(51)35-13-17-41-40(25-35)49(27-36-12-15-39(36)45)28-44(30-55-41)19-9-11-34-24-37(46)14-16-38(34)44/h8,13-14,16-17,20,24-25,31-33,36,39,42H,7,9-12,15,18-19,21-23,26-30H2,1-6H3,(H,47,51)/b20-8+/t32-,33+,36-,39+,42+,44-,45-/m0/s1. The van der Waals surface area contributed by atoms with Crippen LogP contribution in [-0.2, 0) is 31.3 Å². The van der Waals surface area contributed by atoms with Crippen molar-refractivity contribution >= 4 is 33.2 Å². The molecule has 10 nitrogen and oxygen atoms in total. The van der Waals surface area contributed by atoms with Crippen LogP contribution in [0, 0.1) is 17.8 Å². The van der Waals surface area contributed by atoms with Gasteiger partial charge in [0.05, 0.1) is 17.5 Å². The van der Waals surface area contributed by atoms with E-state index in [1.54, 1.807) is 13.2 Å². The van der Waals surface area contributed by atoms with Crippen LogP contribution in [0.25, 0.3) is 0 Å². The van der Waals surface area contributed by atoms with Crippen molar-refractivity contribution in [1.29, 1.82) is 0 Å². The van der Waals surface area contributed by atoms with Crippen LogP contribution in [0.1, 0.15) is 94.6 Å². The molecule has 3 aliphatic heterocycles. The van der Waals surface area contributed by atoms with E-state index in [1.807, 2.05) is 25.1 Å². The van der Waals surface area contributed by atoms with E-state index in [-0.39, 0.29) is 30.3 Å². The average molecular weight is 826 g/mol. The number of carbonyl (C=O) groups is 1. The maximum Gasteiger partial charge on any atom is 0.264 e. The first-order valence-corrected chi connectivity index (χ1v) is 23.4. The Labute approximate surface area is 346 Å². The number of halogens is 1. The Morgan fingerprint density at radius 1 is 1.09 bits per heavy atom. The maximum atomic E-state index is 14.1. The molecule has 1 N–H and O–H groups in total. The predicted molar refractivity (Wildman–Crippen MR) is 228 cm³/mol. The Bertz CT molecular complexity index is 1890. The molecule has 2 aromatic carbocycles. The molecule has 0 unspecified atom stereocenters. The van der Waals surface area contributed by atoms with Crippen molar-refractivity contribution in [1.82, 2.24) is 14.5 Å². The van der Waals surface area contributed by atoms with Crippen LogP contribution < -0.4 is 14.4 Å². The quantitative estimate of drug-likeness (QED) is 0.280. The van der Waals surface area contributed by atoms with Gasteiger partial charge in [0, 0.05) is 87.7 Å². The first kappa shape index (κ1) is 42.5. The summed E-state index contributed by atoms with van der Waals surface area (Å²) in [6, 6.07) is 12.6. The first-order valence-electron chi connectivity index (χ1n) is 21.4. The topological polar surface area (TPSA) is 101 Å². The maximum absolute atomic E-state index is 14.1. The van der Waals surface area contributed by atoms with E-state index in [9.17, 15) is 13.2 Å². The minimum atomic E-state index is -4.07. The number of methoxy groups -OCH3 is 1. The smallest absolute Gasteiger partial charge is 0.264 e. The number of hydrogen-bond acceptors (Lipinski definition) is 9. The van der Waals surface area contributed by atoms with Crippen LogP contribution in [0.4, 0.5) is 5.69 Å². The minimum Gasteiger partial charge on any atom is -0.490 e. The largest absolute Gasteiger partial charge is 0.490 e. The fraction of sp³-hybridized carbons (Fsp3) is 0.667. The van der Waals surface area contributed by atoms with E-state index in [2.05, 4.69) is 71.4 Å². The number of anilines is 1. The molecule has 0 radical (unpaired) electrons. The van der Waals surface area contributed by atoms with E-state index in [1.165, 1.54) is 11.1 Å². The summed E-state index contributed by atoms with van der Waals surface area (Å²) in [5, 5.41) is -0.0852. The minimum absolute atomic E-state index is 0.246. The Hall–Kier alpha value is -2.67. The molecule has 12 heteroatoms. The molecule has 3 heterocycles. The molecular formula is C45H65ClN4O6S. The van der Waals surface area contributed by atoms with Gasteiger partial charge in [-0.1, -0.05) is 36.7 Å². The molecule has 2 fully saturated rings. The van der Waals surface area contributed by atoms with E-state index in [0.29, 0.717) is 55.5 Å². The van der Waals surface area contributed by atoms with Gasteiger partial charge in [-0.2, -0.15) is 0 Å². The molecule has 57 heavy (non-hydrogen) atoms. The molecule has 314 valence electrons. The lowest BCUT2D eigenvalue weighted by Crippen LogP contribution is -2.61. The Balaban J connectivity index is 1.32. The third-order valence-corrected chi connectivity index (χ3v) is 16.1. The van der Waals surface area contributed by atoms with Crippen molar-refractivity contribution in [3.63, 3.8) is 0 Å². The number of aryl methyl sites for hydroxylation is 1. The number of carbonyl (C=O) groups excluding carboxylic acids is 1. The Morgan fingerprint density at radius 3 is 2.63 bits per heavy atom. The van der Waals surface area contributed by atoms with Crippen molar-refractivity contribution in [2.45, 2.75) is 108 Å².